The Balaban J connectivity index is 2.06. The highest BCUT2D eigenvalue weighted by Crippen LogP contribution is 2.28. The highest BCUT2D eigenvalue weighted by molar-refractivity contribution is 8.00. The highest BCUT2D eigenvalue weighted by atomic mass is 32.2. The zero-order valence-electron chi connectivity index (χ0n) is 8.81. The van der Waals surface area contributed by atoms with Gasteiger partial charge in [0.1, 0.15) is 0 Å². The monoisotopic (exact) mass is 241 g/mol. The molecule has 0 N–H and O–H groups in total. The summed E-state index contributed by atoms with van der Waals surface area (Å²) in [6.07, 6.45) is 2.16. The molecule has 0 aliphatic carbocycles. The van der Waals surface area contributed by atoms with Crippen LogP contribution in [-0.2, 0) is 0 Å². The molecule has 0 aromatic carbocycles. The van der Waals surface area contributed by atoms with E-state index in [2.05, 4.69) is 29.0 Å². The first kappa shape index (κ1) is 11.0. The SMILES string of the molecule is CCC1CN(c2csc(C=O)c2)CCS1. The Morgan fingerprint density at radius 1 is 1.67 bits per heavy atom. The molecule has 4 heteroatoms. The van der Waals surface area contributed by atoms with Gasteiger partial charge >= 0.3 is 0 Å². The van der Waals surface area contributed by atoms with Gasteiger partial charge in [-0.3, -0.25) is 4.79 Å². The van der Waals surface area contributed by atoms with Crippen molar-refractivity contribution in [3.05, 3.63) is 16.3 Å². The molecule has 82 valence electrons. The molecule has 2 heterocycles. The molecule has 0 bridgehead atoms. The molecule has 0 saturated carbocycles. The zero-order valence-corrected chi connectivity index (χ0v) is 10.4. The van der Waals surface area contributed by atoms with Crippen molar-refractivity contribution in [3.8, 4) is 0 Å². The van der Waals surface area contributed by atoms with Gasteiger partial charge in [-0.2, -0.15) is 11.8 Å². The van der Waals surface area contributed by atoms with Crippen LogP contribution in [0.4, 0.5) is 5.69 Å². The van der Waals surface area contributed by atoms with Gasteiger partial charge in [0.15, 0.2) is 6.29 Å². The summed E-state index contributed by atoms with van der Waals surface area (Å²) in [7, 11) is 0. The van der Waals surface area contributed by atoms with E-state index in [1.54, 1.807) is 0 Å². The molecular formula is C11H15NOS2. The number of anilines is 1. The topological polar surface area (TPSA) is 20.3 Å². The van der Waals surface area contributed by atoms with Gasteiger partial charge < -0.3 is 4.90 Å². The summed E-state index contributed by atoms with van der Waals surface area (Å²) < 4.78 is 0. The molecule has 1 aliphatic heterocycles. The lowest BCUT2D eigenvalue weighted by Gasteiger charge is -2.32. The molecule has 1 aliphatic rings. The standard InChI is InChI=1S/C11H15NOS2/c1-2-10-6-12(3-4-14-10)9-5-11(7-13)15-8-9/h5,7-8,10H,2-4,6H2,1H3. The maximum Gasteiger partial charge on any atom is 0.160 e. The van der Waals surface area contributed by atoms with Gasteiger partial charge in [-0.1, -0.05) is 6.92 Å². The summed E-state index contributed by atoms with van der Waals surface area (Å²) in [5.41, 5.74) is 1.22. The van der Waals surface area contributed by atoms with E-state index < -0.39 is 0 Å². The second kappa shape index (κ2) is 5.03. The van der Waals surface area contributed by atoms with Crippen LogP contribution >= 0.6 is 23.1 Å². The number of nitrogens with zero attached hydrogens (tertiary/aromatic N) is 1. The third-order valence-corrected chi connectivity index (χ3v) is 4.90. The average Bonchev–Trinajstić information content (AvgIpc) is 2.78. The summed E-state index contributed by atoms with van der Waals surface area (Å²) in [5.74, 6) is 1.20. The van der Waals surface area contributed by atoms with Gasteiger partial charge in [-0.15, -0.1) is 11.3 Å². The van der Waals surface area contributed by atoms with Crippen LogP contribution < -0.4 is 4.90 Å². The number of carbonyl (C=O) groups excluding carboxylic acids is 1. The minimum atomic E-state index is 0.748. The molecule has 1 fully saturated rings. The molecule has 15 heavy (non-hydrogen) atoms. The van der Waals surface area contributed by atoms with Crippen molar-refractivity contribution in [2.45, 2.75) is 18.6 Å². The third kappa shape index (κ3) is 2.55. The fraction of sp³-hybridized carbons (Fsp3) is 0.545. The maximum atomic E-state index is 10.6. The van der Waals surface area contributed by atoms with Crippen LogP contribution in [0.1, 0.15) is 23.0 Å². The van der Waals surface area contributed by atoms with Crippen LogP contribution in [0, 0.1) is 0 Å². The molecule has 2 rings (SSSR count). The number of hydrogen-bond acceptors (Lipinski definition) is 4. The van der Waals surface area contributed by atoms with Crippen LogP contribution in [0.25, 0.3) is 0 Å². The van der Waals surface area contributed by atoms with Gasteiger partial charge in [0.05, 0.1) is 4.88 Å². The van der Waals surface area contributed by atoms with Crippen molar-refractivity contribution >= 4 is 35.1 Å². The lowest BCUT2D eigenvalue weighted by Crippen LogP contribution is -2.37. The predicted octanol–water partition coefficient (Wildman–Crippen LogP) is 2.89. The predicted molar refractivity (Wildman–Crippen MR) is 68.5 cm³/mol. The molecule has 1 unspecified atom stereocenters. The quantitative estimate of drug-likeness (QED) is 0.759. The first-order valence-electron chi connectivity index (χ1n) is 5.23. The van der Waals surface area contributed by atoms with Crippen LogP contribution in [0.3, 0.4) is 0 Å². The Kier molecular flexibility index (Phi) is 3.70. The van der Waals surface area contributed by atoms with Gasteiger partial charge in [0.25, 0.3) is 0 Å². The minimum absolute atomic E-state index is 0.748. The Morgan fingerprint density at radius 3 is 3.20 bits per heavy atom. The van der Waals surface area contributed by atoms with Gasteiger partial charge in [0, 0.05) is 35.2 Å². The van der Waals surface area contributed by atoms with E-state index in [1.807, 2.05) is 6.07 Å². The molecule has 1 saturated heterocycles. The second-order valence-corrected chi connectivity index (χ2v) is 6.02. The van der Waals surface area contributed by atoms with E-state index in [0.717, 1.165) is 29.5 Å². The van der Waals surface area contributed by atoms with Gasteiger partial charge in [-0.25, -0.2) is 0 Å². The number of aldehydes is 1. The minimum Gasteiger partial charge on any atom is -0.369 e. The number of rotatable bonds is 3. The van der Waals surface area contributed by atoms with E-state index in [9.17, 15) is 4.79 Å². The molecule has 0 spiro atoms. The summed E-state index contributed by atoms with van der Waals surface area (Å²) in [5, 5.41) is 2.84. The van der Waals surface area contributed by atoms with E-state index in [1.165, 1.54) is 29.2 Å². The smallest absolute Gasteiger partial charge is 0.160 e. The summed E-state index contributed by atoms with van der Waals surface area (Å²) in [4.78, 5) is 13.8. The number of carbonyl (C=O) groups is 1. The largest absolute Gasteiger partial charge is 0.369 e. The third-order valence-electron chi connectivity index (χ3n) is 2.68. The fourth-order valence-electron chi connectivity index (χ4n) is 1.77. The van der Waals surface area contributed by atoms with E-state index in [4.69, 9.17) is 0 Å². The molecule has 0 amide bonds. The van der Waals surface area contributed by atoms with Gasteiger partial charge in [-0.05, 0) is 12.5 Å². The molecular weight excluding hydrogens is 226 g/mol. The average molecular weight is 241 g/mol. The van der Waals surface area contributed by atoms with Crippen molar-refractivity contribution in [2.24, 2.45) is 0 Å². The van der Waals surface area contributed by atoms with Crippen LogP contribution in [0.15, 0.2) is 11.4 Å². The van der Waals surface area contributed by atoms with Crippen LogP contribution in [0.2, 0.25) is 0 Å². The molecule has 1 aromatic rings. The van der Waals surface area contributed by atoms with E-state index in [0.29, 0.717) is 0 Å². The molecule has 0 radical (unpaired) electrons. The van der Waals surface area contributed by atoms with Crippen LogP contribution in [0.5, 0.6) is 0 Å². The number of hydrogen-bond donors (Lipinski definition) is 0. The lowest BCUT2D eigenvalue weighted by atomic mass is 10.3. The van der Waals surface area contributed by atoms with Crippen molar-refractivity contribution in [3.63, 3.8) is 0 Å². The Bertz CT molecular complexity index is 337. The summed E-state index contributed by atoms with van der Waals surface area (Å²) in [6, 6.07) is 2.00. The van der Waals surface area contributed by atoms with Crippen molar-refractivity contribution in [1.82, 2.24) is 0 Å². The Morgan fingerprint density at radius 2 is 2.53 bits per heavy atom. The Hall–Kier alpha value is -0.480. The normalized spacial score (nSPS) is 21.7. The fourth-order valence-corrected chi connectivity index (χ4v) is 3.67. The highest BCUT2D eigenvalue weighted by Gasteiger charge is 2.19. The first-order chi connectivity index (χ1) is 7.33. The van der Waals surface area contributed by atoms with Crippen molar-refractivity contribution in [1.29, 1.82) is 0 Å². The number of thiophene rings is 1. The van der Waals surface area contributed by atoms with Crippen molar-refractivity contribution in [2.75, 3.05) is 23.7 Å². The lowest BCUT2D eigenvalue weighted by molar-refractivity contribution is 0.112. The second-order valence-electron chi connectivity index (χ2n) is 3.67. The summed E-state index contributed by atoms with van der Waals surface area (Å²) in [6.45, 7) is 4.47. The van der Waals surface area contributed by atoms with E-state index >= 15 is 0 Å². The molecule has 1 aromatic heterocycles. The molecule has 2 nitrogen and oxygen atoms in total. The summed E-state index contributed by atoms with van der Waals surface area (Å²) >= 11 is 3.60. The number of thioether (sulfide) groups is 1. The first-order valence-corrected chi connectivity index (χ1v) is 7.16. The van der Waals surface area contributed by atoms with Gasteiger partial charge in [0.2, 0.25) is 0 Å². The zero-order chi connectivity index (χ0) is 10.7. The molecule has 1 atom stereocenters. The maximum absolute atomic E-state index is 10.6. The van der Waals surface area contributed by atoms with Crippen LogP contribution in [-0.4, -0.2) is 30.4 Å². The Labute approximate surface area is 98.7 Å². The van der Waals surface area contributed by atoms with E-state index in [-0.39, 0.29) is 0 Å². The van der Waals surface area contributed by atoms with Crippen molar-refractivity contribution < 1.29 is 4.79 Å².